The maximum absolute atomic E-state index is 13.1. The van der Waals surface area contributed by atoms with Crippen molar-refractivity contribution in [1.29, 1.82) is 5.26 Å². The first kappa shape index (κ1) is 14.6. The van der Waals surface area contributed by atoms with Crippen LogP contribution >= 0.6 is 0 Å². The van der Waals surface area contributed by atoms with Gasteiger partial charge in [-0.25, -0.2) is 4.39 Å². The van der Waals surface area contributed by atoms with Gasteiger partial charge in [-0.2, -0.15) is 5.26 Å². The van der Waals surface area contributed by atoms with Crippen LogP contribution in [0.2, 0.25) is 0 Å². The van der Waals surface area contributed by atoms with Crippen molar-refractivity contribution in [1.82, 2.24) is 0 Å². The number of methoxy groups -OCH3 is 2. The number of ketones is 1. The van der Waals surface area contributed by atoms with Gasteiger partial charge in [0, 0.05) is 6.42 Å². The quantitative estimate of drug-likeness (QED) is 0.598. The Morgan fingerprint density at radius 1 is 1.42 bits per heavy atom. The molecule has 0 N–H and O–H groups in total. The normalized spacial score (nSPS) is 11.3. The minimum absolute atomic E-state index is 0.00773. The molecule has 1 rings (SSSR count). The molecular formula is C13H12FNO4. The molecule has 0 saturated carbocycles. The highest BCUT2D eigenvalue weighted by Crippen LogP contribution is 2.22. The van der Waals surface area contributed by atoms with Gasteiger partial charge in [0.25, 0.3) is 0 Å². The van der Waals surface area contributed by atoms with Crippen LogP contribution in [0, 0.1) is 23.1 Å². The van der Waals surface area contributed by atoms with Gasteiger partial charge in [-0.1, -0.05) is 0 Å². The average molecular weight is 265 g/mol. The Balaban J connectivity index is 2.98. The first-order valence-corrected chi connectivity index (χ1v) is 5.37. The number of esters is 1. The SMILES string of the molecule is COC(=O)C(C#N)CC(=O)c1cc(F)ccc1OC. The number of nitrogens with zero attached hydrogens (tertiary/aromatic N) is 1. The van der Waals surface area contributed by atoms with Crippen LogP contribution in [0.5, 0.6) is 5.75 Å². The van der Waals surface area contributed by atoms with Crippen molar-refractivity contribution in [3.63, 3.8) is 0 Å². The molecule has 0 spiro atoms. The van der Waals surface area contributed by atoms with E-state index in [1.54, 1.807) is 6.07 Å². The zero-order valence-electron chi connectivity index (χ0n) is 10.5. The molecule has 0 aromatic heterocycles. The Hall–Kier alpha value is -2.42. The summed E-state index contributed by atoms with van der Waals surface area (Å²) in [5, 5.41) is 8.80. The van der Waals surface area contributed by atoms with E-state index in [2.05, 4.69) is 4.74 Å². The van der Waals surface area contributed by atoms with Crippen molar-refractivity contribution in [3.05, 3.63) is 29.6 Å². The van der Waals surface area contributed by atoms with Crippen molar-refractivity contribution in [2.75, 3.05) is 14.2 Å². The average Bonchev–Trinajstić information content (AvgIpc) is 2.43. The molecule has 1 aromatic rings. The van der Waals surface area contributed by atoms with Gasteiger partial charge in [-0.05, 0) is 18.2 Å². The van der Waals surface area contributed by atoms with Gasteiger partial charge in [-0.3, -0.25) is 9.59 Å². The summed E-state index contributed by atoms with van der Waals surface area (Å²) >= 11 is 0. The van der Waals surface area contributed by atoms with Gasteiger partial charge in [0.2, 0.25) is 0 Å². The second-order valence-electron chi connectivity index (χ2n) is 3.68. The Labute approximate surface area is 109 Å². The van der Waals surface area contributed by atoms with Crippen LogP contribution < -0.4 is 4.74 Å². The monoisotopic (exact) mass is 265 g/mol. The molecule has 0 aliphatic rings. The van der Waals surface area contributed by atoms with Gasteiger partial charge >= 0.3 is 5.97 Å². The van der Waals surface area contributed by atoms with Crippen molar-refractivity contribution in [3.8, 4) is 11.8 Å². The topological polar surface area (TPSA) is 76.4 Å². The summed E-state index contributed by atoms with van der Waals surface area (Å²) in [4.78, 5) is 23.2. The van der Waals surface area contributed by atoms with Crippen LogP contribution in [-0.4, -0.2) is 26.0 Å². The molecule has 100 valence electrons. The van der Waals surface area contributed by atoms with Crippen LogP contribution in [0.15, 0.2) is 18.2 Å². The van der Waals surface area contributed by atoms with Crippen molar-refractivity contribution >= 4 is 11.8 Å². The molecule has 0 fully saturated rings. The zero-order chi connectivity index (χ0) is 14.4. The van der Waals surface area contributed by atoms with E-state index in [1.807, 2.05) is 0 Å². The molecule has 6 heteroatoms. The number of nitriles is 1. The Bertz CT molecular complexity index is 536. The summed E-state index contributed by atoms with van der Waals surface area (Å²) in [5.74, 6) is -2.99. The number of hydrogen-bond donors (Lipinski definition) is 0. The third kappa shape index (κ3) is 3.52. The molecule has 0 saturated heterocycles. The second kappa shape index (κ2) is 6.50. The Morgan fingerprint density at radius 3 is 2.63 bits per heavy atom. The smallest absolute Gasteiger partial charge is 0.323 e. The lowest BCUT2D eigenvalue weighted by atomic mass is 9.98. The van der Waals surface area contributed by atoms with Gasteiger partial charge < -0.3 is 9.47 Å². The van der Waals surface area contributed by atoms with E-state index < -0.39 is 23.5 Å². The van der Waals surface area contributed by atoms with E-state index in [9.17, 15) is 14.0 Å². The number of ether oxygens (including phenoxy) is 2. The van der Waals surface area contributed by atoms with Crippen LogP contribution in [0.1, 0.15) is 16.8 Å². The molecule has 19 heavy (non-hydrogen) atoms. The lowest BCUT2D eigenvalue weighted by Crippen LogP contribution is -2.18. The molecule has 0 heterocycles. The molecule has 0 aliphatic heterocycles. The largest absolute Gasteiger partial charge is 0.496 e. The predicted octanol–water partition coefficient (Wildman–Crippen LogP) is 1.72. The molecule has 5 nitrogen and oxygen atoms in total. The zero-order valence-corrected chi connectivity index (χ0v) is 10.5. The molecule has 1 unspecified atom stereocenters. The Morgan fingerprint density at radius 2 is 2.11 bits per heavy atom. The van der Waals surface area contributed by atoms with Gasteiger partial charge in [0.05, 0.1) is 25.9 Å². The molecule has 0 aliphatic carbocycles. The fraction of sp³-hybridized carbons (Fsp3) is 0.308. The number of carbonyl (C=O) groups is 2. The molecule has 1 atom stereocenters. The Kier molecular flexibility index (Phi) is 5.01. The lowest BCUT2D eigenvalue weighted by Gasteiger charge is -2.09. The maximum atomic E-state index is 13.1. The third-order valence-corrected chi connectivity index (χ3v) is 2.49. The fourth-order valence-corrected chi connectivity index (χ4v) is 1.52. The van der Waals surface area contributed by atoms with Crippen LogP contribution in [0.4, 0.5) is 4.39 Å². The summed E-state index contributed by atoms with van der Waals surface area (Å²) < 4.78 is 22.5. The number of Topliss-reactive ketones (excluding diaryl/α,β-unsaturated/α-hetero) is 1. The van der Waals surface area contributed by atoms with Gasteiger partial charge in [-0.15, -0.1) is 0 Å². The minimum atomic E-state index is -1.22. The van der Waals surface area contributed by atoms with Gasteiger partial charge in [0.15, 0.2) is 11.7 Å². The number of halogens is 1. The van der Waals surface area contributed by atoms with Crippen molar-refractivity contribution < 1.29 is 23.5 Å². The fourth-order valence-electron chi connectivity index (χ4n) is 1.52. The predicted molar refractivity (Wildman–Crippen MR) is 63.0 cm³/mol. The number of rotatable bonds is 5. The van der Waals surface area contributed by atoms with Crippen LogP contribution in [0.3, 0.4) is 0 Å². The van der Waals surface area contributed by atoms with Crippen molar-refractivity contribution in [2.45, 2.75) is 6.42 Å². The summed E-state index contributed by atoms with van der Waals surface area (Å²) in [7, 11) is 2.46. The lowest BCUT2D eigenvalue weighted by molar-refractivity contribution is -0.143. The van der Waals surface area contributed by atoms with Gasteiger partial charge in [0.1, 0.15) is 11.6 Å². The second-order valence-corrected chi connectivity index (χ2v) is 3.68. The maximum Gasteiger partial charge on any atom is 0.323 e. The number of benzene rings is 1. The number of carbonyl (C=O) groups excluding carboxylic acids is 2. The van der Waals surface area contributed by atoms with Crippen LogP contribution in [0.25, 0.3) is 0 Å². The molecule has 0 bridgehead atoms. The molecule has 1 aromatic carbocycles. The van der Waals surface area contributed by atoms with Crippen molar-refractivity contribution in [2.24, 2.45) is 5.92 Å². The summed E-state index contributed by atoms with van der Waals surface area (Å²) in [6.45, 7) is 0. The highest BCUT2D eigenvalue weighted by Gasteiger charge is 2.24. The number of hydrogen-bond acceptors (Lipinski definition) is 5. The first-order chi connectivity index (χ1) is 9.03. The summed E-state index contributed by atoms with van der Waals surface area (Å²) in [5.41, 5.74) is -0.00773. The summed E-state index contributed by atoms with van der Waals surface area (Å²) in [6, 6.07) is 5.14. The molecular weight excluding hydrogens is 253 g/mol. The van der Waals surface area contributed by atoms with E-state index in [-0.39, 0.29) is 17.7 Å². The highest BCUT2D eigenvalue weighted by molar-refractivity contribution is 6.00. The summed E-state index contributed by atoms with van der Waals surface area (Å²) in [6.07, 6.45) is -0.386. The van der Waals surface area contributed by atoms with E-state index in [0.717, 1.165) is 19.2 Å². The highest BCUT2D eigenvalue weighted by atomic mass is 19.1. The standard InChI is InChI=1S/C13H12FNO4/c1-18-12-4-3-9(14)6-10(12)11(16)5-8(7-15)13(17)19-2/h3-4,6,8H,5H2,1-2H3. The molecule has 0 amide bonds. The van der Waals surface area contributed by atoms with E-state index in [4.69, 9.17) is 10.00 Å². The third-order valence-electron chi connectivity index (χ3n) is 2.49. The van der Waals surface area contributed by atoms with E-state index in [1.165, 1.54) is 13.2 Å². The first-order valence-electron chi connectivity index (χ1n) is 5.37. The van der Waals surface area contributed by atoms with Crippen LogP contribution in [-0.2, 0) is 9.53 Å². The van der Waals surface area contributed by atoms with E-state index >= 15 is 0 Å². The van der Waals surface area contributed by atoms with E-state index in [0.29, 0.717) is 0 Å². The molecule has 0 radical (unpaired) electrons. The minimum Gasteiger partial charge on any atom is -0.496 e.